The monoisotopic (exact) mass is 1130 g/mol. The molecule has 0 radical (unpaired) electrons. The van der Waals surface area contributed by atoms with Crippen molar-refractivity contribution in [2.24, 2.45) is 0 Å². The summed E-state index contributed by atoms with van der Waals surface area (Å²) in [4.78, 5) is 38.4. The van der Waals surface area contributed by atoms with Gasteiger partial charge in [0, 0.05) is 19.3 Å². The first kappa shape index (κ1) is 78.1. The fourth-order valence-electron chi connectivity index (χ4n) is 10.5. The lowest BCUT2D eigenvalue weighted by Gasteiger charge is -2.18. The van der Waals surface area contributed by atoms with Gasteiger partial charge in [0.25, 0.3) is 0 Å². The Morgan fingerprint density at radius 1 is 0.247 bits per heavy atom. The lowest BCUT2D eigenvalue weighted by Crippen LogP contribution is -2.30. The summed E-state index contributed by atoms with van der Waals surface area (Å²) in [5.41, 5.74) is 0. The second-order valence-corrected chi connectivity index (χ2v) is 24.1. The molecule has 0 heterocycles. The van der Waals surface area contributed by atoms with Gasteiger partial charge in [0.15, 0.2) is 6.10 Å². The van der Waals surface area contributed by atoms with Gasteiger partial charge in [0.2, 0.25) is 0 Å². The number of hydrogen-bond donors (Lipinski definition) is 0. The molecule has 0 rings (SSSR count). The molecule has 0 aromatic carbocycles. The second kappa shape index (κ2) is 69.6. The van der Waals surface area contributed by atoms with E-state index < -0.39 is 6.10 Å². The third kappa shape index (κ3) is 67.8. The molecule has 0 amide bonds. The van der Waals surface area contributed by atoms with Crippen molar-refractivity contribution < 1.29 is 28.6 Å². The quantitative estimate of drug-likeness (QED) is 0.0261. The van der Waals surface area contributed by atoms with Gasteiger partial charge in [0.1, 0.15) is 13.2 Å². The summed E-state index contributed by atoms with van der Waals surface area (Å²) in [5, 5.41) is 0. The maximum atomic E-state index is 12.9. The van der Waals surface area contributed by atoms with Gasteiger partial charge in [0.05, 0.1) is 0 Å². The molecule has 6 nitrogen and oxygen atoms in total. The predicted octanol–water partition coefficient (Wildman–Crippen LogP) is 24.7. The highest BCUT2D eigenvalue weighted by atomic mass is 16.6. The molecule has 1 unspecified atom stereocenters. The van der Waals surface area contributed by atoms with Crippen LogP contribution in [-0.2, 0) is 28.6 Å². The summed E-state index contributed by atoms with van der Waals surface area (Å²) in [6.45, 7) is 6.63. The molecule has 0 spiro atoms. The van der Waals surface area contributed by atoms with E-state index in [1.807, 2.05) is 0 Å². The van der Waals surface area contributed by atoms with Crippen molar-refractivity contribution in [3.05, 3.63) is 60.8 Å². The van der Waals surface area contributed by atoms with Crippen LogP contribution in [0, 0.1) is 0 Å². The van der Waals surface area contributed by atoms with E-state index in [0.29, 0.717) is 19.3 Å². The van der Waals surface area contributed by atoms with Crippen molar-refractivity contribution in [1.82, 2.24) is 0 Å². The molecule has 0 aliphatic carbocycles. The number of ether oxygens (including phenoxy) is 3. The maximum Gasteiger partial charge on any atom is 0.306 e. The summed E-state index contributed by atoms with van der Waals surface area (Å²) in [7, 11) is 0. The Morgan fingerprint density at radius 2 is 0.457 bits per heavy atom. The lowest BCUT2D eigenvalue weighted by atomic mass is 10.0. The normalized spacial score (nSPS) is 12.4. The minimum absolute atomic E-state index is 0.0742. The van der Waals surface area contributed by atoms with E-state index in [1.54, 1.807) is 0 Å². The van der Waals surface area contributed by atoms with Crippen molar-refractivity contribution >= 4 is 17.9 Å². The van der Waals surface area contributed by atoms with Gasteiger partial charge >= 0.3 is 17.9 Å². The van der Waals surface area contributed by atoms with Gasteiger partial charge in [-0.25, -0.2) is 0 Å². The lowest BCUT2D eigenvalue weighted by molar-refractivity contribution is -0.167. The average molecular weight is 1130 g/mol. The number of esters is 3. The molecule has 0 bridgehead atoms. The van der Waals surface area contributed by atoms with Crippen molar-refractivity contribution in [3.8, 4) is 0 Å². The van der Waals surface area contributed by atoms with Crippen molar-refractivity contribution in [2.75, 3.05) is 13.2 Å². The van der Waals surface area contributed by atoms with Gasteiger partial charge in [-0.2, -0.15) is 0 Å². The molecule has 0 aromatic rings. The Bertz CT molecular complexity index is 1440. The molecule has 6 heteroatoms. The fraction of sp³-hybridized carbons (Fsp3) is 0.827. The molecule has 0 saturated carbocycles. The highest BCUT2D eigenvalue weighted by Crippen LogP contribution is 2.18. The molecule has 0 saturated heterocycles. The minimum atomic E-state index is -0.778. The number of hydrogen-bond acceptors (Lipinski definition) is 6. The molecule has 0 aliphatic heterocycles. The van der Waals surface area contributed by atoms with E-state index in [1.165, 1.54) is 263 Å². The Labute approximate surface area is 504 Å². The van der Waals surface area contributed by atoms with Gasteiger partial charge in [-0.3, -0.25) is 14.4 Å². The molecule has 0 fully saturated rings. The minimum Gasteiger partial charge on any atom is -0.462 e. The summed E-state index contributed by atoms with van der Waals surface area (Å²) in [6, 6.07) is 0. The van der Waals surface area contributed by atoms with Crippen LogP contribution in [0.4, 0.5) is 0 Å². The Hall–Kier alpha value is -2.89. The molecule has 1 atom stereocenters. The predicted molar refractivity (Wildman–Crippen MR) is 353 cm³/mol. The number of rotatable bonds is 66. The first-order valence-corrected chi connectivity index (χ1v) is 35.8. The highest BCUT2D eigenvalue weighted by Gasteiger charge is 2.19. The molecule has 81 heavy (non-hydrogen) atoms. The summed E-state index contributed by atoms with van der Waals surface area (Å²) in [6.07, 6.45) is 89.8. The van der Waals surface area contributed by atoms with E-state index in [4.69, 9.17) is 14.2 Å². The zero-order chi connectivity index (χ0) is 58.5. The summed E-state index contributed by atoms with van der Waals surface area (Å²) in [5.74, 6) is -0.865. The Morgan fingerprint density at radius 3 is 0.741 bits per heavy atom. The van der Waals surface area contributed by atoms with E-state index in [9.17, 15) is 14.4 Å². The molecule has 0 aliphatic rings. The van der Waals surface area contributed by atoms with Crippen LogP contribution in [0.2, 0.25) is 0 Å². The summed E-state index contributed by atoms with van der Waals surface area (Å²) < 4.78 is 17.0. The number of carbonyl (C=O) groups excluding carboxylic acids is 3. The SMILES string of the molecule is CCCC/C=C\CCCCCCCC(=O)OCC(COC(=O)CCCCCCCCCCCCCCCCCC/C=C\C/C=C\C/C=C\CCCCCCC)OC(=O)CCCCCCCCCCC/C=C\CCCCCCCCCC. The fourth-order valence-corrected chi connectivity index (χ4v) is 10.5. The zero-order valence-corrected chi connectivity index (χ0v) is 54.3. The topological polar surface area (TPSA) is 78.9 Å². The second-order valence-electron chi connectivity index (χ2n) is 24.1. The van der Waals surface area contributed by atoms with Crippen LogP contribution >= 0.6 is 0 Å². The number of unbranched alkanes of at least 4 members (excludes halogenated alkanes) is 45. The van der Waals surface area contributed by atoms with Gasteiger partial charge in [-0.15, -0.1) is 0 Å². The van der Waals surface area contributed by atoms with Crippen molar-refractivity contribution in [3.63, 3.8) is 0 Å². The van der Waals surface area contributed by atoms with E-state index in [-0.39, 0.29) is 31.1 Å². The zero-order valence-electron chi connectivity index (χ0n) is 54.3. The third-order valence-corrected chi connectivity index (χ3v) is 16.0. The third-order valence-electron chi connectivity index (χ3n) is 16.0. The maximum absolute atomic E-state index is 12.9. The van der Waals surface area contributed by atoms with Crippen LogP contribution in [-0.4, -0.2) is 37.2 Å². The van der Waals surface area contributed by atoms with Crippen molar-refractivity contribution in [1.29, 1.82) is 0 Å². The van der Waals surface area contributed by atoms with Crippen LogP contribution in [0.15, 0.2) is 60.8 Å². The van der Waals surface area contributed by atoms with Crippen LogP contribution < -0.4 is 0 Å². The first-order valence-electron chi connectivity index (χ1n) is 35.8. The Balaban J connectivity index is 4.16. The van der Waals surface area contributed by atoms with Gasteiger partial charge < -0.3 is 14.2 Å². The van der Waals surface area contributed by atoms with E-state index in [2.05, 4.69) is 81.5 Å². The summed E-state index contributed by atoms with van der Waals surface area (Å²) >= 11 is 0. The van der Waals surface area contributed by atoms with E-state index in [0.717, 1.165) is 77.0 Å². The van der Waals surface area contributed by atoms with Gasteiger partial charge in [-0.05, 0) is 103 Å². The Kier molecular flexibility index (Phi) is 67.1. The number of allylic oxidation sites excluding steroid dienone is 10. The average Bonchev–Trinajstić information content (AvgIpc) is 3.47. The first-order chi connectivity index (χ1) is 40.0. The molecule has 0 aromatic heterocycles. The van der Waals surface area contributed by atoms with Crippen LogP contribution in [0.3, 0.4) is 0 Å². The largest absolute Gasteiger partial charge is 0.462 e. The molecular formula is C75H136O6. The standard InChI is InChI=1S/C75H136O6/c1-4-7-10-13-16-19-22-24-26-28-30-32-33-34-35-36-37-38-39-40-41-43-44-46-48-50-53-56-59-62-65-68-74(77)80-71-72(70-79-73(76)67-64-61-58-55-52-21-18-15-12-9-6-3)81-75(78)69-66-63-60-57-54-51-49-47-45-42-31-29-27-25-23-20-17-14-11-8-5-2/h15,18,22,24,28-31,33-34,72H,4-14,16-17,19-21,23,25-27,32,35-71H2,1-3H3/b18-15-,24-22-,30-28-,31-29-,34-33-. The number of carbonyl (C=O) groups is 3. The van der Waals surface area contributed by atoms with Crippen LogP contribution in [0.1, 0.15) is 380 Å². The van der Waals surface area contributed by atoms with Crippen LogP contribution in [0.5, 0.6) is 0 Å². The van der Waals surface area contributed by atoms with Gasteiger partial charge in [-0.1, -0.05) is 319 Å². The van der Waals surface area contributed by atoms with Crippen LogP contribution in [0.25, 0.3) is 0 Å². The molecule has 472 valence electrons. The molecule has 0 N–H and O–H groups in total. The van der Waals surface area contributed by atoms with Crippen molar-refractivity contribution in [2.45, 2.75) is 386 Å². The van der Waals surface area contributed by atoms with E-state index >= 15 is 0 Å². The smallest absolute Gasteiger partial charge is 0.306 e. The molecular weight excluding hydrogens is 997 g/mol. The highest BCUT2D eigenvalue weighted by molar-refractivity contribution is 5.71.